The van der Waals surface area contributed by atoms with Crippen LogP contribution in [0.3, 0.4) is 0 Å². The van der Waals surface area contributed by atoms with Gasteiger partial charge in [-0.1, -0.05) is 60.4 Å². The highest BCUT2D eigenvalue weighted by atomic mass is 16.7. The molecule has 2 heteroatoms. The van der Waals surface area contributed by atoms with Gasteiger partial charge in [0.2, 0.25) is 0 Å². The van der Waals surface area contributed by atoms with E-state index in [9.17, 15) is 0 Å². The van der Waals surface area contributed by atoms with E-state index in [1.165, 1.54) is 0 Å². The minimum absolute atomic E-state index is 0.332. The molecule has 0 aliphatic carbocycles. The van der Waals surface area contributed by atoms with Gasteiger partial charge >= 0.3 is 0 Å². The molecule has 0 bridgehead atoms. The number of methoxy groups -OCH3 is 1. The lowest BCUT2D eigenvalue weighted by atomic mass is 10.1. The van der Waals surface area contributed by atoms with E-state index in [0.29, 0.717) is 0 Å². The highest BCUT2D eigenvalue weighted by Crippen LogP contribution is 2.24. The van der Waals surface area contributed by atoms with Crippen LogP contribution in [-0.4, -0.2) is 12.9 Å². The van der Waals surface area contributed by atoms with Crippen LogP contribution in [0.5, 0.6) is 0 Å². The van der Waals surface area contributed by atoms with Crippen LogP contribution in [0.15, 0.2) is 60.7 Å². The molecule has 108 valence electrons. The molecule has 0 aliphatic heterocycles. The van der Waals surface area contributed by atoms with Crippen LogP contribution in [-0.2, 0) is 9.47 Å². The molecule has 0 amide bonds. The maximum absolute atomic E-state index is 6.00. The topological polar surface area (TPSA) is 18.5 Å². The zero-order chi connectivity index (χ0) is 15.1. The van der Waals surface area contributed by atoms with Gasteiger partial charge in [0.15, 0.2) is 5.79 Å². The third kappa shape index (κ3) is 4.75. The van der Waals surface area contributed by atoms with Crippen LogP contribution in [0, 0.1) is 11.8 Å². The van der Waals surface area contributed by atoms with Crippen molar-refractivity contribution >= 4 is 0 Å². The van der Waals surface area contributed by atoms with Crippen molar-refractivity contribution in [2.75, 3.05) is 7.11 Å². The van der Waals surface area contributed by atoms with E-state index in [4.69, 9.17) is 9.47 Å². The minimum Gasteiger partial charge on any atom is -0.354 e. The summed E-state index contributed by atoms with van der Waals surface area (Å²) in [7, 11) is 1.63. The first kappa shape index (κ1) is 15.3. The fourth-order valence-corrected chi connectivity index (χ4v) is 1.81. The predicted octanol–water partition coefficient (Wildman–Crippen LogP) is 4.18. The van der Waals surface area contributed by atoms with Crippen molar-refractivity contribution < 1.29 is 9.47 Å². The maximum Gasteiger partial charge on any atom is 0.164 e. The molecular weight excluding hydrogens is 260 g/mol. The lowest BCUT2D eigenvalue weighted by Crippen LogP contribution is -2.28. The van der Waals surface area contributed by atoms with Crippen LogP contribution >= 0.6 is 0 Å². The van der Waals surface area contributed by atoms with E-state index < -0.39 is 5.79 Å². The smallest absolute Gasteiger partial charge is 0.164 e. The maximum atomic E-state index is 6.00. The Hall–Kier alpha value is -2.08. The van der Waals surface area contributed by atoms with Gasteiger partial charge in [-0.05, 0) is 31.5 Å². The van der Waals surface area contributed by atoms with Crippen molar-refractivity contribution in [2.45, 2.75) is 25.7 Å². The third-order valence-corrected chi connectivity index (χ3v) is 3.12. The second-order valence-electron chi connectivity index (χ2n) is 5.15. The largest absolute Gasteiger partial charge is 0.354 e. The molecule has 0 N–H and O–H groups in total. The predicted molar refractivity (Wildman–Crippen MR) is 84.7 cm³/mol. The number of rotatable bonds is 4. The third-order valence-electron chi connectivity index (χ3n) is 3.12. The van der Waals surface area contributed by atoms with E-state index in [0.717, 1.165) is 11.1 Å². The number of ether oxygens (including phenoxy) is 2. The van der Waals surface area contributed by atoms with Crippen molar-refractivity contribution in [3.8, 4) is 11.8 Å². The molecule has 2 nitrogen and oxygen atoms in total. The fourth-order valence-electron chi connectivity index (χ4n) is 1.81. The van der Waals surface area contributed by atoms with Crippen LogP contribution < -0.4 is 0 Å². The van der Waals surface area contributed by atoms with Crippen molar-refractivity contribution in [3.63, 3.8) is 0 Å². The lowest BCUT2D eigenvalue weighted by Gasteiger charge is -2.27. The van der Waals surface area contributed by atoms with Crippen LogP contribution in [0.1, 0.15) is 31.1 Å². The second-order valence-corrected chi connectivity index (χ2v) is 5.15. The minimum atomic E-state index is -0.689. The molecule has 0 aliphatic rings. The van der Waals surface area contributed by atoms with Gasteiger partial charge < -0.3 is 9.47 Å². The zero-order valence-corrected chi connectivity index (χ0v) is 12.7. The summed E-state index contributed by atoms with van der Waals surface area (Å²) in [5, 5.41) is 0. The molecule has 0 saturated carbocycles. The Morgan fingerprint density at radius 1 is 0.905 bits per heavy atom. The van der Waals surface area contributed by atoms with Crippen LogP contribution in [0.25, 0.3) is 0 Å². The molecule has 2 aromatic carbocycles. The van der Waals surface area contributed by atoms with Crippen molar-refractivity contribution in [1.82, 2.24) is 0 Å². The summed E-state index contributed by atoms with van der Waals surface area (Å²) < 4.78 is 11.4. The van der Waals surface area contributed by atoms with E-state index >= 15 is 0 Å². The normalized spacial score (nSPS) is 12.3. The number of benzene rings is 2. The molecule has 0 fully saturated rings. The van der Waals surface area contributed by atoms with E-state index in [1.54, 1.807) is 7.11 Å². The molecule has 1 unspecified atom stereocenters. The fraction of sp³-hybridized carbons (Fsp3) is 0.263. The molecular formula is C19H20O2. The standard InChI is InChI=1S/C19H20O2/c1-19(2,20-3)21-18(17-12-8-5-9-13-17)15-14-16-10-6-4-7-11-16/h4-13,18H,1-3H3. The van der Waals surface area contributed by atoms with Crippen LogP contribution in [0.4, 0.5) is 0 Å². The molecule has 0 spiro atoms. The van der Waals surface area contributed by atoms with E-state index in [2.05, 4.69) is 11.8 Å². The molecule has 0 radical (unpaired) electrons. The van der Waals surface area contributed by atoms with Gasteiger partial charge in [0.05, 0.1) is 0 Å². The van der Waals surface area contributed by atoms with Crippen molar-refractivity contribution in [1.29, 1.82) is 0 Å². The summed E-state index contributed by atoms with van der Waals surface area (Å²) in [6.07, 6.45) is -0.332. The second kappa shape index (κ2) is 7.08. The lowest BCUT2D eigenvalue weighted by molar-refractivity contribution is -0.213. The van der Waals surface area contributed by atoms with Gasteiger partial charge in [-0.2, -0.15) is 0 Å². The zero-order valence-electron chi connectivity index (χ0n) is 12.7. The highest BCUT2D eigenvalue weighted by Gasteiger charge is 2.22. The Morgan fingerprint density at radius 3 is 2.05 bits per heavy atom. The average Bonchev–Trinajstić information content (AvgIpc) is 2.53. The van der Waals surface area contributed by atoms with Gasteiger partial charge in [0, 0.05) is 12.7 Å². The van der Waals surface area contributed by atoms with Gasteiger partial charge in [-0.25, -0.2) is 0 Å². The SMILES string of the molecule is COC(C)(C)OC(C#Cc1ccccc1)c1ccccc1. The number of hydrogen-bond donors (Lipinski definition) is 0. The van der Waals surface area contributed by atoms with Crippen LogP contribution in [0.2, 0.25) is 0 Å². The van der Waals surface area contributed by atoms with Gasteiger partial charge in [-0.3, -0.25) is 0 Å². The first-order chi connectivity index (χ1) is 10.1. The van der Waals surface area contributed by atoms with E-state index in [-0.39, 0.29) is 6.10 Å². The molecule has 0 aromatic heterocycles. The monoisotopic (exact) mass is 280 g/mol. The summed E-state index contributed by atoms with van der Waals surface area (Å²) in [6, 6.07) is 19.9. The Balaban J connectivity index is 2.27. The first-order valence-electron chi connectivity index (χ1n) is 6.95. The summed E-state index contributed by atoms with van der Waals surface area (Å²) >= 11 is 0. The Morgan fingerprint density at radius 2 is 1.48 bits per heavy atom. The average molecular weight is 280 g/mol. The van der Waals surface area contributed by atoms with Crippen molar-refractivity contribution in [2.24, 2.45) is 0 Å². The summed E-state index contributed by atoms with van der Waals surface area (Å²) in [4.78, 5) is 0. The highest BCUT2D eigenvalue weighted by molar-refractivity contribution is 5.36. The molecule has 1 atom stereocenters. The van der Waals surface area contributed by atoms with Gasteiger partial charge in [0.1, 0.15) is 6.10 Å². The summed E-state index contributed by atoms with van der Waals surface area (Å²) in [5.74, 6) is 5.66. The van der Waals surface area contributed by atoms with Gasteiger partial charge in [0.25, 0.3) is 0 Å². The Bertz CT molecular complexity index is 606. The van der Waals surface area contributed by atoms with Gasteiger partial charge in [-0.15, -0.1) is 0 Å². The Kier molecular flexibility index (Phi) is 5.16. The molecule has 0 heterocycles. The first-order valence-corrected chi connectivity index (χ1v) is 6.95. The molecule has 2 aromatic rings. The summed E-state index contributed by atoms with van der Waals surface area (Å²) in [5.41, 5.74) is 1.99. The quantitative estimate of drug-likeness (QED) is 0.618. The van der Waals surface area contributed by atoms with Crippen molar-refractivity contribution in [3.05, 3.63) is 71.8 Å². The molecule has 2 rings (SSSR count). The summed E-state index contributed by atoms with van der Waals surface area (Å²) in [6.45, 7) is 3.76. The van der Waals surface area contributed by atoms with E-state index in [1.807, 2.05) is 74.5 Å². The molecule has 21 heavy (non-hydrogen) atoms. The Labute approximate surface area is 126 Å². The number of hydrogen-bond acceptors (Lipinski definition) is 2. The molecule has 0 saturated heterocycles.